The minimum atomic E-state index is -0.404. The number of nitrogens with one attached hydrogen (secondary N) is 1. The molecule has 24 heavy (non-hydrogen) atoms. The molecule has 1 heterocycles. The van der Waals surface area contributed by atoms with Crippen molar-refractivity contribution in [2.75, 3.05) is 5.32 Å². The molecule has 4 nitrogen and oxygen atoms in total. The molecule has 1 N–H and O–H groups in total. The third-order valence-corrected chi connectivity index (χ3v) is 5.77. The van der Waals surface area contributed by atoms with E-state index in [1.165, 1.54) is 19.3 Å². The van der Waals surface area contributed by atoms with Crippen molar-refractivity contribution in [1.29, 1.82) is 0 Å². The number of hydrogen-bond donors (Lipinski definition) is 1. The SMILES string of the molecule is Cc1ccc(NC(=O)CC2CCC2)cc1B1OC(C)(C)C(C)(C)O1. The summed E-state index contributed by atoms with van der Waals surface area (Å²) in [6.07, 6.45) is 4.25. The highest BCUT2D eigenvalue weighted by Crippen LogP contribution is 2.37. The number of carbonyl (C=O) groups is 1. The summed E-state index contributed by atoms with van der Waals surface area (Å²) in [5.41, 5.74) is 2.16. The van der Waals surface area contributed by atoms with Crippen LogP contribution in [0.5, 0.6) is 0 Å². The number of rotatable bonds is 4. The average Bonchev–Trinajstić information content (AvgIpc) is 2.65. The van der Waals surface area contributed by atoms with E-state index in [0.29, 0.717) is 12.3 Å². The summed E-state index contributed by atoms with van der Waals surface area (Å²) in [7, 11) is -0.404. The van der Waals surface area contributed by atoms with Crippen LogP contribution in [-0.2, 0) is 14.1 Å². The van der Waals surface area contributed by atoms with E-state index in [-0.39, 0.29) is 17.1 Å². The van der Waals surface area contributed by atoms with Crippen LogP contribution >= 0.6 is 0 Å². The lowest BCUT2D eigenvalue weighted by Gasteiger charge is -2.32. The maximum absolute atomic E-state index is 12.2. The van der Waals surface area contributed by atoms with Gasteiger partial charge >= 0.3 is 7.12 Å². The summed E-state index contributed by atoms with van der Waals surface area (Å²) in [5.74, 6) is 0.668. The molecule has 1 aromatic carbocycles. The number of anilines is 1. The first-order valence-corrected chi connectivity index (χ1v) is 8.94. The third-order valence-electron chi connectivity index (χ3n) is 5.77. The van der Waals surface area contributed by atoms with Gasteiger partial charge in [0.2, 0.25) is 5.91 Å². The van der Waals surface area contributed by atoms with Crippen LogP contribution in [-0.4, -0.2) is 24.2 Å². The van der Waals surface area contributed by atoms with Crippen molar-refractivity contribution in [3.63, 3.8) is 0 Å². The van der Waals surface area contributed by atoms with Crippen molar-refractivity contribution in [1.82, 2.24) is 0 Å². The molecule has 3 rings (SSSR count). The number of hydrogen-bond acceptors (Lipinski definition) is 3. The molecule has 2 fully saturated rings. The van der Waals surface area contributed by atoms with Crippen LogP contribution in [0, 0.1) is 12.8 Å². The molecule has 1 saturated heterocycles. The number of benzene rings is 1. The van der Waals surface area contributed by atoms with E-state index in [1.54, 1.807) is 0 Å². The first-order valence-electron chi connectivity index (χ1n) is 8.94. The fourth-order valence-corrected chi connectivity index (χ4v) is 3.11. The molecule has 1 saturated carbocycles. The highest BCUT2D eigenvalue weighted by atomic mass is 16.7. The topological polar surface area (TPSA) is 47.6 Å². The highest BCUT2D eigenvalue weighted by Gasteiger charge is 2.52. The van der Waals surface area contributed by atoms with Gasteiger partial charge in [-0.15, -0.1) is 0 Å². The van der Waals surface area contributed by atoms with Crippen molar-refractivity contribution < 1.29 is 14.1 Å². The van der Waals surface area contributed by atoms with Crippen molar-refractivity contribution in [3.05, 3.63) is 23.8 Å². The van der Waals surface area contributed by atoms with Gasteiger partial charge in [-0.2, -0.15) is 0 Å². The largest absolute Gasteiger partial charge is 0.495 e. The Morgan fingerprint density at radius 2 is 1.83 bits per heavy atom. The zero-order chi connectivity index (χ0) is 17.5. The van der Waals surface area contributed by atoms with Crippen LogP contribution in [0.4, 0.5) is 5.69 Å². The van der Waals surface area contributed by atoms with E-state index >= 15 is 0 Å². The summed E-state index contributed by atoms with van der Waals surface area (Å²) in [5, 5.41) is 3.02. The lowest BCUT2D eigenvalue weighted by atomic mass is 9.76. The zero-order valence-electron chi connectivity index (χ0n) is 15.4. The normalized spacial score (nSPS) is 22.3. The highest BCUT2D eigenvalue weighted by molar-refractivity contribution is 6.62. The Morgan fingerprint density at radius 3 is 2.38 bits per heavy atom. The van der Waals surface area contributed by atoms with Gasteiger partial charge in [-0.3, -0.25) is 4.79 Å². The fourth-order valence-electron chi connectivity index (χ4n) is 3.11. The Kier molecular flexibility index (Phi) is 4.52. The van der Waals surface area contributed by atoms with Gasteiger partial charge in [0.1, 0.15) is 0 Å². The lowest BCUT2D eigenvalue weighted by Crippen LogP contribution is -2.41. The smallest absolute Gasteiger partial charge is 0.399 e. The second kappa shape index (κ2) is 6.19. The number of carbonyl (C=O) groups excluding carboxylic acids is 1. The van der Waals surface area contributed by atoms with E-state index < -0.39 is 7.12 Å². The number of aryl methyl sites for hydroxylation is 1. The van der Waals surface area contributed by atoms with E-state index in [9.17, 15) is 4.79 Å². The van der Waals surface area contributed by atoms with Gasteiger partial charge in [0.05, 0.1) is 11.2 Å². The van der Waals surface area contributed by atoms with Crippen LogP contribution in [0.1, 0.15) is 58.9 Å². The van der Waals surface area contributed by atoms with Crippen molar-refractivity contribution >= 4 is 24.2 Å². The van der Waals surface area contributed by atoms with Crippen LogP contribution in [0.25, 0.3) is 0 Å². The van der Waals surface area contributed by atoms with Crippen molar-refractivity contribution in [2.45, 2.75) is 71.5 Å². The van der Waals surface area contributed by atoms with Crippen molar-refractivity contribution in [2.24, 2.45) is 5.92 Å². The van der Waals surface area contributed by atoms with E-state index in [4.69, 9.17) is 9.31 Å². The maximum atomic E-state index is 12.2. The van der Waals surface area contributed by atoms with Crippen LogP contribution in [0.2, 0.25) is 0 Å². The lowest BCUT2D eigenvalue weighted by molar-refractivity contribution is -0.117. The molecule has 1 aliphatic carbocycles. The molecule has 5 heteroatoms. The van der Waals surface area contributed by atoms with Gasteiger partial charge < -0.3 is 14.6 Å². The predicted molar refractivity (Wildman–Crippen MR) is 97.5 cm³/mol. The Hall–Kier alpha value is -1.33. The first kappa shape index (κ1) is 17.5. The molecule has 0 unspecified atom stereocenters. The molecule has 2 aliphatic rings. The summed E-state index contributed by atoms with van der Waals surface area (Å²) in [4.78, 5) is 12.2. The van der Waals surface area contributed by atoms with E-state index in [0.717, 1.165) is 16.7 Å². The van der Waals surface area contributed by atoms with Gasteiger partial charge in [0.25, 0.3) is 0 Å². The third kappa shape index (κ3) is 3.38. The van der Waals surface area contributed by atoms with Crippen LogP contribution < -0.4 is 10.8 Å². The first-order chi connectivity index (χ1) is 11.2. The molecule has 1 amide bonds. The molecule has 1 aliphatic heterocycles. The van der Waals surface area contributed by atoms with Crippen molar-refractivity contribution in [3.8, 4) is 0 Å². The second-order valence-electron chi connectivity index (χ2n) is 8.21. The van der Waals surface area contributed by atoms with Gasteiger partial charge in [0, 0.05) is 12.1 Å². The summed E-state index contributed by atoms with van der Waals surface area (Å²) < 4.78 is 12.3. The molecule has 0 atom stereocenters. The number of amides is 1. The zero-order valence-corrected chi connectivity index (χ0v) is 15.4. The van der Waals surface area contributed by atoms with Gasteiger partial charge in [-0.25, -0.2) is 0 Å². The molecule has 0 aromatic heterocycles. The van der Waals surface area contributed by atoms with E-state index in [2.05, 4.69) is 5.32 Å². The quantitative estimate of drug-likeness (QED) is 0.861. The second-order valence-corrected chi connectivity index (χ2v) is 8.21. The molecule has 0 radical (unpaired) electrons. The molecular formula is C19H28BNO3. The van der Waals surface area contributed by atoms with Crippen LogP contribution in [0.3, 0.4) is 0 Å². The Morgan fingerprint density at radius 1 is 1.21 bits per heavy atom. The maximum Gasteiger partial charge on any atom is 0.495 e. The monoisotopic (exact) mass is 329 g/mol. The standard InChI is InChI=1S/C19H28BNO3/c1-13-9-10-15(21-17(22)11-14-7-6-8-14)12-16(13)20-23-18(2,3)19(4,5)24-20/h9-10,12,14H,6-8,11H2,1-5H3,(H,21,22). The Labute approximate surface area is 145 Å². The molecule has 0 spiro atoms. The van der Waals surface area contributed by atoms with Gasteiger partial charge in [-0.05, 0) is 71.0 Å². The molecular weight excluding hydrogens is 301 g/mol. The summed E-state index contributed by atoms with van der Waals surface area (Å²) in [6.45, 7) is 10.2. The minimum absolute atomic E-state index is 0.100. The van der Waals surface area contributed by atoms with Gasteiger partial charge in [0.15, 0.2) is 0 Å². The Balaban J connectivity index is 1.73. The molecule has 130 valence electrons. The van der Waals surface area contributed by atoms with Crippen LogP contribution in [0.15, 0.2) is 18.2 Å². The average molecular weight is 329 g/mol. The molecule has 1 aromatic rings. The molecule has 0 bridgehead atoms. The predicted octanol–water partition coefficient (Wildman–Crippen LogP) is 3.42. The van der Waals surface area contributed by atoms with Gasteiger partial charge in [-0.1, -0.05) is 18.1 Å². The fraction of sp³-hybridized carbons (Fsp3) is 0.632. The van der Waals surface area contributed by atoms with E-state index in [1.807, 2.05) is 52.8 Å². The minimum Gasteiger partial charge on any atom is -0.399 e. The summed E-state index contributed by atoms with van der Waals surface area (Å²) >= 11 is 0. The summed E-state index contributed by atoms with van der Waals surface area (Å²) in [6, 6.07) is 5.94. The Bertz CT molecular complexity index is 621.